The van der Waals surface area contributed by atoms with Crippen molar-refractivity contribution in [1.82, 2.24) is 0 Å². The Hall–Kier alpha value is -5.06. The van der Waals surface area contributed by atoms with Gasteiger partial charge in [0.15, 0.2) is 0 Å². The number of ether oxygens (including phenoxy) is 3. The molecule has 2 heterocycles. The van der Waals surface area contributed by atoms with Crippen molar-refractivity contribution >= 4 is 27.9 Å². The van der Waals surface area contributed by atoms with Crippen LogP contribution >= 0.6 is 0 Å². The first kappa shape index (κ1) is 24.6. The highest BCUT2D eigenvalue weighted by Gasteiger charge is 2.40. The van der Waals surface area contributed by atoms with Crippen molar-refractivity contribution in [3.05, 3.63) is 105 Å². The highest BCUT2D eigenvalue weighted by molar-refractivity contribution is 5.94. The molecule has 0 amide bonds. The minimum Gasteiger partial charge on any atom is -0.497 e. The minimum absolute atomic E-state index is 0.0530. The van der Waals surface area contributed by atoms with E-state index in [0.29, 0.717) is 11.1 Å². The van der Waals surface area contributed by atoms with E-state index >= 15 is 0 Å². The molecule has 0 aliphatic rings. The first-order valence-electron chi connectivity index (χ1n) is 10.9. The molecule has 0 N–H and O–H groups in total. The largest absolute Gasteiger partial charge is 0.497 e. The maximum Gasteiger partial charge on any atom is 0.453 e. The van der Waals surface area contributed by atoms with Crippen LogP contribution in [0.1, 0.15) is 16.1 Å². The third-order valence-corrected chi connectivity index (χ3v) is 5.43. The van der Waals surface area contributed by atoms with Crippen molar-refractivity contribution in [1.29, 1.82) is 0 Å². The van der Waals surface area contributed by atoms with Gasteiger partial charge in [-0.3, -0.25) is 4.79 Å². The molecule has 11 heteroatoms. The average Bonchev–Trinajstić information content (AvgIpc) is 2.89. The molecule has 0 radical (unpaired) electrons. The predicted octanol–water partition coefficient (Wildman–Crippen LogP) is 5.94. The summed E-state index contributed by atoms with van der Waals surface area (Å²) in [7, 11) is 1.41. The quantitative estimate of drug-likeness (QED) is 0.158. The molecule has 192 valence electrons. The monoisotopic (exact) mass is 524 g/mol. The number of hydrogen-bond donors (Lipinski definition) is 0. The molecule has 0 bridgehead atoms. The summed E-state index contributed by atoms with van der Waals surface area (Å²) < 4.78 is 67.0. The Morgan fingerprint density at radius 2 is 1.50 bits per heavy atom. The molecule has 3 aromatic carbocycles. The zero-order chi connectivity index (χ0) is 27.0. The second kappa shape index (κ2) is 9.43. The van der Waals surface area contributed by atoms with Crippen molar-refractivity contribution < 1.29 is 41.0 Å². The fourth-order valence-corrected chi connectivity index (χ4v) is 3.63. The van der Waals surface area contributed by atoms with E-state index in [0.717, 1.165) is 12.1 Å². The van der Waals surface area contributed by atoms with Gasteiger partial charge in [-0.05, 0) is 48.5 Å². The van der Waals surface area contributed by atoms with E-state index in [-0.39, 0.29) is 22.5 Å². The van der Waals surface area contributed by atoms with Crippen LogP contribution in [0.2, 0.25) is 0 Å². The molecule has 0 saturated heterocycles. The van der Waals surface area contributed by atoms with Gasteiger partial charge in [0.05, 0.1) is 12.5 Å². The Morgan fingerprint density at radius 3 is 2.21 bits per heavy atom. The molecule has 0 aliphatic carbocycles. The van der Waals surface area contributed by atoms with Crippen LogP contribution in [0.5, 0.6) is 23.0 Å². The summed E-state index contributed by atoms with van der Waals surface area (Å²) in [6.07, 6.45) is -5.09. The summed E-state index contributed by atoms with van der Waals surface area (Å²) in [5, 5.41) is 0.203. The standard InChI is InChI=1S/C27H15F3O8/c1-34-15-6-8-16(9-7-15)35-23-22(31)18-11-10-17(13-21(18)37-24(23)27(28,29)30)36-25(32)19-12-14-4-2-3-5-20(14)38-26(19)33/h2-13H,1H3. The van der Waals surface area contributed by atoms with Crippen LogP contribution in [0.25, 0.3) is 21.9 Å². The summed E-state index contributed by atoms with van der Waals surface area (Å²) in [6, 6.07) is 16.5. The molecule has 8 nitrogen and oxygen atoms in total. The van der Waals surface area contributed by atoms with Crippen LogP contribution in [-0.4, -0.2) is 13.1 Å². The van der Waals surface area contributed by atoms with E-state index < -0.39 is 45.9 Å². The summed E-state index contributed by atoms with van der Waals surface area (Å²) in [5.74, 6) is -3.74. The lowest BCUT2D eigenvalue weighted by molar-refractivity contribution is -0.154. The first-order chi connectivity index (χ1) is 18.1. The van der Waals surface area contributed by atoms with Gasteiger partial charge < -0.3 is 23.0 Å². The summed E-state index contributed by atoms with van der Waals surface area (Å²) >= 11 is 0. The molecule has 0 saturated carbocycles. The summed E-state index contributed by atoms with van der Waals surface area (Å²) in [5.41, 5.74) is -2.73. The van der Waals surface area contributed by atoms with E-state index in [1.807, 2.05) is 0 Å². The average molecular weight is 524 g/mol. The van der Waals surface area contributed by atoms with Crippen LogP contribution in [0.3, 0.4) is 0 Å². The highest BCUT2D eigenvalue weighted by atomic mass is 19.4. The van der Waals surface area contributed by atoms with Gasteiger partial charge in [-0.15, -0.1) is 0 Å². The third kappa shape index (κ3) is 4.69. The second-order valence-electron chi connectivity index (χ2n) is 7.90. The maximum absolute atomic E-state index is 13.8. The topological polar surface area (TPSA) is 105 Å². The number of methoxy groups -OCH3 is 1. The normalized spacial score (nSPS) is 11.5. The molecule has 5 aromatic rings. The van der Waals surface area contributed by atoms with Gasteiger partial charge in [0, 0.05) is 11.5 Å². The van der Waals surface area contributed by atoms with Gasteiger partial charge in [0.25, 0.3) is 5.76 Å². The molecular formula is C27H15F3O8. The minimum atomic E-state index is -5.09. The number of rotatable bonds is 5. The van der Waals surface area contributed by atoms with Crippen LogP contribution < -0.4 is 25.3 Å². The Balaban J connectivity index is 1.52. The molecular weight excluding hydrogens is 509 g/mol. The predicted molar refractivity (Wildman–Crippen MR) is 128 cm³/mol. The Labute approximate surface area is 210 Å². The number of esters is 1. The Kier molecular flexibility index (Phi) is 6.11. The number of carbonyl (C=O) groups excluding carboxylic acids is 1. The molecule has 0 spiro atoms. The Bertz CT molecular complexity index is 1800. The van der Waals surface area contributed by atoms with Crippen molar-refractivity contribution in [3.8, 4) is 23.0 Å². The molecule has 2 aromatic heterocycles. The van der Waals surface area contributed by atoms with Gasteiger partial charge in [-0.25, -0.2) is 9.59 Å². The van der Waals surface area contributed by atoms with Gasteiger partial charge in [-0.2, -0.15) is 13.2 Å². The third-order valence-electron chi connectivity index (χ3n) is 5.43. The zero-order valence-electron chi connectivity index (χ0n) is 19.3. The number of benzene rings is 3. The van der Waals surface area contributed by atoms with Gasteiger partial charge >= 0.3 is 17.8 Å². The summed E-state index contributed by atoms with van der Waals surface area (Å²) in [4.78, 5) is 37.8. The highest BCUT2D eigenvalue weighted by Crippen LogP contribution is 2.39. The van der Waals surface area contributed by atoms with Crippen LogP contribution in [-0.2, 0) is 6.18 Å². The molecule has 5 rings (SSSR count). The number of carbonyl (C=O) groups is 1. The van der Waals surface area contributed by atoms with Crippen molar-refractivity contribution in [2.75, 3.05) is 7.11 Å². The van der Waals surface area contributed by atoms with Crippen LogP contribution in [0.15, 0.2) is 91.2 Å². The van der Waals surface area contributed by atoms with Gasteiger partial charge in [0.1, 0.15) is 34.0 Å². The smallest absolute Gasteiger partial charge is 0.453 e. The van der Waals surface area contributed by atoms with Gasteiger partial charge in [0.2, 0.25) is 11.2 Å². The molecule has 0 fully saturated rings. The van der Waals surface area contributed by atoms with E-state index in [9.17, 15) is 27.6 Å². The number of hydrogen-bond acceptors (Lipinski definition) is 8. The maximum atomic E-state index is 13.8. The SMILES string of the molecule is COc1ccc(Oc2c(C(F)(F)F)oc3cc(OC(=O)c4cc5ccccc5oc4=O)ccc3c2=O)cc1. The zero-order valence-corrected chi connectivity index (χ0v) is 19.3. The molecule has 0 atom stereocenters. The molecule has 38 heavy (non-hydrogen) atoms. The fourth-order valence-electron chi connectivity index (χ4n) is 3.63. The van der Waals surface area contributed by atoms with Crippen LogP contribution in [0, 0.1) is 0 Å². The number of alkyl halides is 3. The Morgan fingerprint density at radius 1 is 0.816 bits per heavy atom. The molecule has 0 unspecified atom stereocenters. The fraction of sp³-hybridized carbons (Fsp3) is 0.0741. The lowest BCUT2D eigenvalue weighted by Gasteiger charge is -2.14. The number of halogens is 3. The van der Waals surface area contributed by atoms with Crippen molar-refractivity contribution in [2.45, 2.75) is 6.18 Å². The van der Waals surface area contributed by atoms with Crippen molar-refractivity contribution in [2.24, 2.45) is 0 Å². The van der Waals surface area contributed by atoms with E-state index in [2.05, 4.69) is 0 Å². The summed E-state index contributed by atoms with van der Waals surface area (Å²) in [6.45, 7) is 0. The van der Waals surface area contributed by atoms with E-state index in [1.54, 1.807) is 24.3 Å². The van der Waals surface area contributed by atoms with Crippen molar-refractivity contribution in [3.63, 3.8) is 0 Å². The first-order valence-corrected chi connectivity index (χ1v) is 10.9. The number of fused-ring (bicyclic) bond motifs is 2. The van der Waals surface area contributed by atoms with Gasteiger partial charge in [-0.1, -0.05) is 18.2 Å². The lowest BCUT2D eigenvalue weighted by Crippen LogP contribution is -2.19. The van der Waals surface area contributed by atoms with E-state index in [1.165, 1.54) is 43.5 Å². The number of para-hydroxylation sites is 1. The lowest BCUT2D eigenvalue weighted by atomic mass is 10.2. The van der Waals surface area contributed by atoms with E-state index in [4.69, 9.17) is 23.0 Å². The molecule has 0 aliphatic heterocycles. The van der Waals surface area contributed by atoms with Crippen LogP contribution in [0.4, 0.5) is 13.2 Å². The second-order valence-corrected chi connectivity index (χ2v) is 7.90.